The SMILES string of the molecule is CCCCCCCCCCC1(C(=O)NC2(C(CNC(=O)C3OC(C)(C)OCC3(C)C)C(=O)O)CCCC2)CCCCC1. The molecule has 0 aromatic rings. The minimum absolute atomic E-state index is 0.0419. The molecule has 0 bridgehead atoms. The number of carboxylic acid groups (broad SMARTS) is 1. The molecule has 8 heteroatoms. The molecule has 2 unspecified atom stereocenters. The van der Waals surface area contributed by atoms with E-state index in [4.69, 9.17) is 9.47 Å². The Morgan fingerprint density at radius 3 is 2.00 bits per heavy atom. The van der Waals surface area contributed by atoms with Crippen LogP contribution in [0.25, 0.3) is 0 Å². The minimum Gasteiger partial charge on any atom is -0.481 e. The molecule has 2 amide bonds. The molecular formula is C34H60N2O6. The fraction of sp³-hybridized carbons (Fsp3) is 0.912. The van der Waals surface area contributed by atoms with E-state index < -0.39 is 40.1 Å². The fourth-order valence-electron chi connectivity index (χ4n) is 7.48. The quantitative estimate of drug-likeness (QED) is 0.168. The van der Waals surface area contributed by atoms with Crippen LogP contribution >= 0.6 is 0 Å². The second kappa shape index (κ2) is 15.4. The summed E-state index contributed by atoms with van der Waals surface area (Å²) in [5.41, 5.74) is -1.82. The van der Waals surface area contributed by atoms with Gasteiger partial charge in [-0.3, -0.25) is 14.4 Å². The average Bonchev–Trinajstić information content (AvgIpc) is 3.41. The lowest BCUT2D eigenvalue weighted by atomic mass is 9.69. The number of carbonyl (C=O) groups is 3. The van der Waals surface area contributed by atoms with Crippen molar-refractivity contribution in [2.24, 2.45) is 16.7 Å². The van der Waals surface area contributed by atoms with Crippen molar-refractivity contribution in [3.63, 3.8) is 0 Å². The molecule has 3 rings (SSSR count). The van der Waals surface area contributed by atoms with E-state index in [0.717, 1.165) is 64.2 Å². The van der Waals surface area contributed by atoms with Crippen molar-refractivity contribution in [1.29, 1.82) is 0 Å². The van der Waals surface area contributed by atoms with Gasteiger partial charge in [-0.05, 0) is 46.0 Å². The summed E-state index contributed by atoms with van der Waals surface area (Å²) in [6, 6.07) is 0. The molecule has 3 aliphatic rings. The molecule has 3 fully saturated rings. The van der Waals surface area contributed by atoms with Gasteiger partial charge >= 0.3 is 5.97 Å². The first-order valence-electron chi connectivity index (χ1n) is 17.0. The van der Waals surface area contributed by atoms with Crippen LogP contribution in [-0.4, -0.2) is 53.5 Å². The predicted octanol–water partition coefficient (Wildman–Crippen LogP) is 6.89. The second-order valence-electron chi connectivity index (χ2n) is 14.7. The van der Waals surface area contributed by atoms with Gasteiger partial charge < -0.3 is 25.2 Å². The summed E-state index contributed by atoms with van der Waals surface area (Å²) in [6.07, 6.45) is 18.0. The van der Waals surface area contributed by atoms with Gasteiger partial charge in [-0.25, -0.2) is 0 Å². The number of hydrogen-bond acceptors (Lipinski definition) is 5. The standard InChI is InChI=1S/C34H60N2O6/c1-6-7-8-9-10-11-12-14-19-33(20-15-13-16-21-33)30(40)36-34(22-17-18-23-34)26(29(38)39)24-35-28(37)27-31(2,3)25-41-32(4,5)42-27/h26-27H,6-25H2,1-5H3,(H,35,37)(H,36,40)(H,38,39). The maximum Gasteiger partial charge on any atom is 0.310 e. The van der Waals surface area contributed by atoms with E-state index in [1.165, 1.54) is 38.5 Å². The molecule has 2 saturated carbocycles. The summed E-state index contributed by atoms with van der Waals surface area (Å²) in [4.78, 5) is 40.2. The third-order valence-electron chi connectivity index (χ3n) is 10.2. The smallest absolute Gasteiger partial charge is 0.310 e. The molecule has 1 aliphatic heterocycles. The number of hydrogen-bond donors (Lipinski definition) is 3. The van der Waals surface area contributed by atoms with Crippen molar-refractivity contribution in [3.05, 3.63) is 0 Å². The zero-order valence-electron chi connectivity index (χ0n) is 27.3. The number of rotatable bonds is 16. The van der Waals surface area contributed by atoms with Crippen LogP contribution < -0.4 is 10.6 Å². The van der Waals surface area contributed by atoms with Crippen LogP contribution in [0.4, 0.5) is 0 Å². The van der Waals surface area contributed by atoms with Crippen molar-refractivity contribution < 1.29 is 29.0 Å². The number of amides is 2. The maximum absolute atomic E-state index is 14.2. The predicted molar refractivity (Wildman–Crippen MR) is 165 cm³/mol. The Hall–Kier alpha value is -1.67. The van der Waals surface area contributed by atoms with E-state index in [1.54, 1.807) is 13.8 Å². The van der Waals surface area contributed by atoms with E-state index >= 15 is 0 Å². The van der Waals surface area contributed by atoms with Gasteiger partial charge in [0.05, 0.1) is 18.1 Å². The van der Waals surface area contributed by atoms with Crippen LogP contribution in [0.3, 0.4) is 0 Å². The number of carbonyl (C=O) groups excluding carboxylic acids is 2. The summed E-state index contributed by atoms with van der Waals surface area (Å²) in [5, 5.41) is 16.7. The van der Waals surface area contributed by atoms with E-state index in [-0.39, 0.29) is 18.4 Å². The fourth-order valence-corrected chi connectivity index (χ4v) is 7.48. The van der Waals surface area contributed by atoms with Crippen molar-refractivity contribution in [2.45, 2.75) is 168 Å². The van der Waals surface area contributed by atoms with E-state index in [9.17, 15) is 19.5 Å². The monoisotopic (exact) mass is 592 g/mol. The first-order valence-corrected chi connectivity index (χ1v) is 17.0. The van der Waals surface area contributed by atoms with Gasteiger partial charge in [0.15, 0.2) is 5.79 Å². The number of nitrogens with one attached hydrogen (secondary N) is 2. The van der Waals surface area contributed by atoms with Gasteiger partial charge in [0, 0.05) is 17.4 Å². The maximum atomic E-state index is 14.2. The van der Waals surface area contributed by atoms with Crippen molar-refractivity contribution in [2.75, 3.05) is 13.2 Å². The largest absolute Gasteiger partial charge is 0.481 e. The summed E-state index contributed by atoms with van der Waals surface area (Å²) in [7, 11) is 0. The van der Waals surface area contributed by atoms with Gasteiger partial charge in [0.25, 0.3) is 0 Å². The molecule has 2 atom stereocenters. The Labute approximate surface area is 254 Å². The lowest BCUT2D eigenvalue weighted by Crippen LogP contribution is -2.62. The molecule has 42 heavy (non-hydrogen) atoms. The van der Waals surface area contributed by atoms with Gasteiger partial charge in [-0.1, -0.05) is 104 Å². The van der Waals surface area contributed by atoms with Crippen LogP contribution in [-0.2, 0) is 23.9 Å². The minimum atomic E-state index is -0.981. The van der Waals surface area contributed by atoms with E-state index in [2.05, 4.69) is 17.6 Å². The summed E-state index contributed by atoms with van der Waals surface area (Å²) < 4.78 is 11.7. The van der Waals surface area contributed by atoms with Crippen LogP contribution in [0, 0.1) is 16.7 Å². The molecular weight excluding hydrogens is 532 g/mol. The molecule has 0 aromatic heterocycles. The molecule has 242 valence electrons. The highest BCUT2D eigenvalue weighted by molar-refractivity contribution is 5.85. The number of ether oxygens (including phenoxy) is 2. The van der Waals surface area contributed by atoms with Crippen molar-refractivity contribution in [1.82, 2.24) is 10.6 Å². The molecule has 0 spiro atoms. The van der Waals surface area contributed by atoms with Crippen LogP contribution in [0.15, 0.2) is 0 Å². The Morgan fingerprint density at radius 1 is 0.833 bits per heavy atom. The molecule has 0 aromatic carbocycles. The summed E-state index contributed by atoms with van der Waals surface area (Å²) >= 11 is 0. The van der Waals surface area contributed by atoms with E-state index in [0.29, 0.717) is 19.4 Å². The third-order valence-corrected chi connectivity index (χ3v) is 10.2. The van der Waals surface area contributed by atoms with E-state index in [1.807, 2.05) is 13.8 Å². The van der Waals surface area contributed by atoms with Gasteiger partial charge in [0.2, 0.25) is 11.8 Å². The van der Waals surface area contributed by atoms with Crippen molar-refractivity contribution in [3.8, 4) is 0 Å². The Morgan fingerprint density at radius 2 is 1.40 bits per heavy atom. The third kappa shape index (κ3) is 9.17. The number of unbranched alkanes of at least 4 members (excludes halogenated alkanes) is 7. The summed E-state index contributed by atoms with van der Waals surface area (Å²) in [6.45, 7) is 9.94. The molecule has 1 saturated heterocycles. The molecule has 3 N–H and O–H groups in total. The summed E-state index contributed by atoms with van der Waals surface area (Å²) in [5.74, 6) is -3.08. The highest BCUT2D eigenvalue weighted by Crippen LogP contribution is 2.44. The Bertz CT molecular complexity index is 888. The molecule has 2 aliphatic carbocycles. The van der Waals surface area contributed by atoms with Gasteiger partial charge in [0.1, 0.15) is 6.10 Å². The van der Waals surface area contributed by atoms with Crippen molar-refractivity contribution >= 4 is 17.8 Å². The second-order valence-corrected chi connectivity index (χ2v) is 14.7. The first kappa shape index (κ1) is 34.8. The Balaban J connectivity index is 1.67. The van der Waals surface area contributed by atoms with Crippen LogP contribution in [0.1, 0.15) is 150 Å². The first-order chi connectivity index (χ1) is 19.9. The zero-order valence-corrected chi connectivity index (χ0v) is 27.3. The number of aliphatic carboxylic acids is 1. The Kier molecular flexibility index (Phi) is 12.7. The molecule has 0 radical (unpaired) electrons. The topological polar surface area (TPSA) is 114 Å². The average molecular weight is 593 g/mol. The lowest BCUT2D eigenvalue weighted by Gasteiger charge is -2.45. The van der Waals surface area contributed by atoms with Crippen LogP contribution in [0.2, 0.25) is 0 Å². The lowest BCUT2D eigenvalue weighted by molar-refractivity contribution is -0.304. The molecule has 8 nitrogen and oxygen atoms in total. The molecule has 1 heterocycles. The highest BCUT2D eigenvalue weighted by atomic mass is 16.7. The zero-order chi connectivity index (χ0) is 30.9. The number of carboxylic acids is 1. The van der Waals surface area contributed by atoms with Gasteiger partial charge in [-0.15, -0.1) is 0 Å². The van der Waals surface area contributed by atoms with Gasteiger partial charge in [-0.2, -0.15) is 0 Å². The van der Waals surface area contributed by atoms with Crippen LogP contribution in [0.5, 0.6) is 0 Å². The normalized spacial score (nSPS) is 24.9. The highest BCUT2D eigenvalue weighted by Gasteiger charge is 2.51.